The first-order valence-corrected chi connectivity index (χ1v) is 13.2. The van der Waals surface area contributed by atoms with E-state index in [-0.39, 0.29) is 0 Å². The van der Waals surface area contributed by atoms with Gasteiger partial charge in [0.1, 0.15) is 0 Å². The van der Waals surface area contributed by atoms with Gasteiger partial charge in [-0.1, -0.05) is 54.6 Å². The summed E-state index contributed by atoms with van der Waals surface area (Å²) in [5, 5.41) is 1.30. The van der Waals surface area contributed by atoms with Crippen LogP contribution in [-0.4, -0.2) is 59.2 Å². The first kappa shape index (κ1) is 24.7. The molecule has 0 aliphatic carbocycles. The monoisotopic (exact) mass is 482 g/mol. The van der Waals surface area contributed by atoms with E-state index in [4.69, 9.17) is 4.74 Å². The van der Waals surface area contributed by atoms with E-state index < -0.39 is 0 Å². The second-order valence-corrected chi connectivity index (χ2v) is 10.0. The van der Waals surface area contributed by atoms with Crippen LogP contribution in [0.1, 0.15) is 29.8 Å². The lowest BCUT2D eigenvalue weighted by atomic mass is 9.84. The molecule has 0 amide bonds. The van der Waals surface area contributed by atoms with Crippen LogP contribution in [0, 0.1) is 5.92 Å². The standard InChI is InChI=1S/C31H38N4O/c1-36-20-19-35(24-28-12-7-8-16-32-28)31(21-25-9-3-2-4-10-25)26-14-17-34(18-15-26)23-29-22-27-11-5-6-13-30(27)33-29/h2-13,16,22,26,31,33H,14-15,17-21,23-24H2,1H3/t31-/m1/s1. The van der Waals surface area contributed by atoms with E-state index >= 15 is 0 Å². The lowest BCUT2D eigenvalue weighted by molar-refractivity contribution is 0.0562. The van der Waals surface area contributed by atoms with Gasteiger partial charge in [-0.05, 0) is 73.5 Å². The van der Waals surface area contributed by atoms with Crippen molar-refractivity contribution in [1.29, 1.82) is 0 Å². The van der Waals surface area contributed by atoms with Gasteiger partial charge in [-0.15, -0.1) is 0 Å². The molecule has 4 aromatic rings. The topological polar surface area (TPSA) is 44.4 Å². The van der Waals surface area contributed by atoms with E-state index in [1.807, 2.05) is 12.3 Å². The van der Waals surface area contributed by atoms with E-state index in [9.17, 15) is 0 Å². The molecular formula is C31H38N4O. The summed E-state index contributed by atoms with van der Waals surface area (Å²) in [6.07, 6.45) is 5.38. The van der Waals surface area contributed by atoms with Gasteiger partial charge in [0.2, 0.25) is 0 Å². The van der Waals surface area contributed by atoms with Crippen molar-refractivity contribution in [3.05, 3.63) is 102 Å². The number of hydrogen-bond donors (Lipinski definition) is 1. The van der Waals surface area contributed by atoms with Crippen LogP contribution in [0.25, 0.3) is 10.9 Å². The molecule has 0 saturated carbocycles. The first-order valence-electron chi connectivity index (χ1n) is 13.2. The molecule has 2 aromatic heterocycles. The molecule has 1 fully saturated rings. The van der Waals surface area contributed by atoms with Crippen molar-refractivity contribution in [3.63, 3.8) is 0 Å². The Labute approximate surface area is 215 Å². The Bertz CT molecular complexity index is 1150. The number of ether oxygens (including phenoxy) is 1. The molecule has 2 aromatic carbocycles. The molecule has 0 spiro atoms. The van der Waals surface area contributed by atoms with E-state index in [2.05, 4.69) is 92.6 Å². The SMILES string of the molecule is COCCN(Cc1ccccn1)[C@H](Cc1ccccc1)C1CCN(Cc2cc3ccccc3[nH]2)CC1. The molecule has 5 nitrogen and oxygen atoms in total. The molecule has 1 atom stereocenters. The zero-order chi connectivity index (χ0) is 24.6. The van der Waals surface area contributed by atoms with Crippen LogP contribution in [0.2, 0.25) is 0 Å². The highest BCUT2D eigenvalue weighted by molar-refractivity contribution is 5.80. The van der Waals surface area contributed by atoms with Crippen molar-refractivity contribution in [2.24, 2.45) is 5.92 Å². The molecular weight excluding hydrogens is 444 g/mol. The smallest absolute Gasteiger partial charge is 0.0589 e. The normalized spacial score (nSPS) is 16.1. The summed E-state index contributed by atoms with van der Waals surface area (Å²) in [5.41, 5.74) is 5.08. The molecule has 5 rings (SSSR count). The van der Waals surface area contributed by atoms with Crippen LogP contribution in [-0.2, 0) is 24.2 Å². The lowest BCUT2D eigenvalue weighted by Gasteiger charge is -2.41. The third-order valence-electron chi connectivity index (χ3n) is 7.59. The molecule has 0 unspecified atom stereocenters. The predicted octanol–water partition coefficient (Wildman–Crippen LogP) is 5.53. The molecule has 1 aliphatic rings. The number of H-pyrrole nitrogens is 1. The van der Waals surface area contributed by atoms with Crippen molar-refractivity contribution < 1.29 is 4.74 Å². The third-order valence-corrected chi connectivity index (χ3v) is 7.59. The molecule has 0 bridgehead atoms. The Morgan fingerprint density at radius 3 is 2.53 bits per heavy atom. The Morgan fingerprint density at radius 2 is 1.78 bits per heavy atom. The number of aromatic nitrogens is 2. The van der Waals surface area contributed by atoms with Crippen molar-refractivity contribution in [1.82, 2.24) is 19.8 Å². The minimum absolute atomic E-state index is 0.458. The molecule has 36 heavy (non-hydrogen) atoms. The minimum atomic E-state index is 0.458. The fraction of sp³-hybridized carbons (Fsp3) is 0.387. The van der Waals surface area contributed by atoms with Gasteiger partial charge in [-0.25, -0.2) is 0 Å². The summed E-state index contributed by atoms with van der Waals surface area (Å²) in [5.74, 6) is 0.643. The number of nitrogens with one attached hydrogen (secondary N) is 1. The summed E-state index contributed by atoms with van der Waals surface area (Å²) in [6.45, 7) is 5.76. The number of benzene rings is 2. The summed E-state index contributed by atoms with van der Waals surface area (Å²) in [6, 6.07) is 28.5. The highest BCUT2D eigenvalue weighted by Gasteiger charge is 2.31. The maximum Gasteiger partial charge on any atom is 0.0589 e. The van der Waals surface area contributed by atoms with Gasteiger partial charge in [0.25, 0.3) is 0 Å². The number of fused-ring (bicyclic) bond motifs is 1. The molecule has 5 heteroatoms. The number of rotatable bonds is 11. The molecule has 188 valence electrons. The van der Waals surface area contributed by atoms with Crippen molar-refractivity contribution in [2.75, 3.05) is 33.4 Å². The zero-order valence-corrected chi connectivity index (χ0v) is 21.4. The fourth-order valence-electron chi connectivity index (χ4n) is 5.68. The van der Waals surface area contributed by atoms with Gasteiger partial charge in [0, 0.05) is 50.2 Å². The third kappa shape index (κ3) is 6.41. The number of para-hydroxylation sites is 1. The molecule has 1 saturated heterocycles. The van der Waals surface area contributed by atoms with Gasteiger partial charge in [0.05, 0.1) is 12.3 Å². The summed E-state index contributed by atoms with van der Waals surface area (Å²) < 4.78 is 5.53. The number of pyridine rings is 1. The fourth-order valence-corrected chi connectivity index (χ4v) is 5.68. The Hall–Kier alpha value is -2.99. The van der Waals surface area contributed by atoms with E-state index in [0.717, 1.165) is 51.4 Å². The highest BCUT2D eigenvalue weighted by Crippen LogP contribution is 2.29. The maximum atomic E-state index is 5.53. The second-order valence-electron chi connectivity index (χ2n) is 10.0. The average Bonchev–Trinajstić information content (AvgIpc) is 3.34. The summed E-state index contributed by atoms with van der Waals surface area (Å²) in [7, 11) is 1.80. The van der Waals surface area contributed by atoms with E-state index in [0.29, 0.717) is 12.0 Å². The lowest BCUT2D eigenvalue weighted by Crippen LogP contribution is -2.47. The van der Waals surface area contributed by atoms with Crippen LogP contribution in [0.5, 0.6) is 0 Å². The Balaban J connectivity index is 1.29. The zero-order valence-electron chi connectivity index (χ0n) is 21.4. The van der Waals surface area contributed by atoms with Crippen LogP contribution in [0.3, 0.4) is 0 Å². The predicted molar refractivity (Wildman–Crippen MR) is 147 cm³/mol. The average molecular weight is 483 g/mol. The summed E-state index contributed by atoms with van der Waals surface area (Å²) >= 11 is 0. The van der Waals surface area contributed by atoms with Crippen molar-refractivity contribution in [2.45, 2.75) is 38.4 Å². The Kier molecular flexibility index (Phi) is 8.44. The number of hydrogen-bond acceptors (Lipinski definition) is 4. The molecule has 1 N–H and O–H groups in total. The van der Waals surface area contributed by atoms with Crippen molar-refractivity contribution >= 4 is 10.9 Å². The van der Waals surface area contributed by atoms with E-state index in [1.54, 1.807) is 7.11 Å². The molecule has 0 radical (unpaired) electrons. The summed E-state index contributed by atoms with van der Waals surface area (Å²) in [4.78, 5) is 13.5. The molecule has 1 aliphatic heterocycles. The first-order chi connectivity index (χ1) is 17.8. The minimum Gasteiger partial charge on any atom is -0.383 e. The van der Waals surface area contributed by atoms with Crippen LogP contribution in [0.15, 0.2) is 85.1 Å². The van der Waals surface area contributed by atoms with Gasteiger partial charge >= 0.3 is 0 Å². The van der Waals surface area contributed by atoms with E-state index in [1.165, 1.54) is 35.0 Å². The number of piperidine rings is 1. The van der Waals surface area contributed by atoms with Crippen molar-refractivity contribution in [3.8, 4) is 0 Å². The molecule has 3 heterocycles. The Morgan fingerprint density at radius 1 is 1.00 bits per heavy atom. The number of aromatic amines is 1. The second kappa shape index (κ2) is 12.3. The number of likely N-dealkylation sites (tertiary alicyclic amines) is 1. The van der Waals surface area contributed by atoms with Crippen LogP contribution < -0.4 is 0 Å². The van der Waals surface area contributed by atoms with Crippen LogP contribution in [0.4, 0.5) is 0 Å². The van der Waals surface area contributed by atoms with Gasteiger partial charge in [0.15, 0.2) is 0 Å². The maximum absolute atomic E-state index is 5.53. The van der Waals surface area contributed by atoms with Crippen LogP contribution >= 0.6 is 0 Å². The van der Waals surface area contributed by atoms with Gasteiger partial charge in [-0.2, -0.15) is 0 Å². The van der Waals surface area contributed by atoms with Gasteiger partial charge < -0.3 is 9.72 Å². The highest BCUT2D eigenvalue weighted by atomic mass is 16.5. The number of methoxy groups -OCH3 is 1. The van der Waals surface area contributed by atoms with Gasteiger partial charge in [-0.3, -0.25) is 14.8 Å². The number of nitrogens with zero attached hydrogens (tertiary/aromatic N) is 3. The largest absolute Gasteiger partial charge is 0.383 e. The quantitative estimate of drug-likeness (QED) is 0.305.